The van der Waals surface area contributed by atoms with Crippen LogP contribution in [0, 0.1) is 0 Å². The van der Waals surface area contributed by atoms with Crippen molar-refractivity contribution >= 4 is 33.2 Å². The number of carbonyl (C=O) groups excluding carboxylic acids is 1. The lowest BCUT2D eigenvalue weighted by molar-refractivity contribution is 0.0956. The summed E-state index contributed by atoms with van der Waals surface area (Å²) in [6, 6.07) is 5.59. The van der Waals surface area contributed by atoms with Crippen LogP contribution in [0.2, 0.25) is 0 Å². The maximum Gasteiger partial charge on any atom is 0.261 e. The van der Waals surface area contributed by atoms with Gasteiger partial charge < -0.3 is 5.32 Å². The fourth-order valence-corrected chi connectivity index (χ4v) is 2.70. The van der Waals surface area contributed by atoms with Gasteiger partial charge in [0.25, 0.3) is 5.91 Å². The highest BCUT2D eigenvalue weighted by Crippen LogP contribution is 2.21. The molecule has 0 aliphatic heterocycles. The molecule has 6 heteroatoms. The summed E-state index contributed by atoms with van der Waals surface area (Å²) >= 11 is 4.77. The van der Waals surface area contributed by atoms with Gasteiger partial charge in [0, 0.05) is 25.5 Å². The van der Waals surface area contributed by atoms with Gasteiger partial charge >= 0.3 is 0 Å². The van der Waals surface area contributed by atoms with Gasteiger partial charge in [0.15, 0.2) is 0 Å². The largest absolute Gasteiger partial charge is 0.351 e. The van der Waals surface area contributed by atoms with E-state index < -0.39 is 0 Å². The molecule has 0 aliphatic rings. The van der Waals surface area contributed by atoms with Crippen LogP contribution in [-0.2, 0) is 6.54 Å². The summed E-state index contributed by atoms with van der Waals surface area (Å²) in [5.74, 6) is -0.0128. The summed E-state index contributed by atoms with van der Waals surface area (Å²) < 4.78 is 2.83. The summed E-state index contributed by atoms with van der Waals surface area (Å²) in [6.45, 7) is 1.48. The number of nitrogens with one attached hydrogen (secondary N) is 1. The van der Waals surface area contributed by atoms with Crippen molar-refractivity contribution in [3.63, 3.8) is 0 Å². The first-order valence-corrected chi connectivity index (χ1v) is 6.87. The Morgan fingerprint density at radius 3 is 3.06 bits per heavy atom. The minimum atomic E-state index is -0.0128. The molecule has 0 aromatic carbocycles. The van der Waals surface area contributed by atoms with Crippen LogP contribution in [0.5, 0.6) is 0 Å². The first-order valence-electron chi connectivity index (χ1n) is 5.26. The third-order valence-electron chi connectivity index (χ3n) is 2.21. The minimum absolute atomic E-state index is 0.0128. The lowest BCUT2D eigenvalue weighted by Gasteiger charge is -2.03. The number of amides is 1. The van der Waals surface area contributed by atoms with E-state index >= 15 is 0 Å². The van der Waals surface area contributed by atoms with Gasteiger partial charge in [-0.05, 0) is 40.5 Å². The van der Waals surface area contributed by atoms with Gasteiger partial charge in [-0.2, -0.15) is 5.10 Å². The second kappa shape index (κ2) is 5.97. The number of aryl methyl sites for hydroxylation is 1. The monoisotopic (exact) mass is 313 g/mol. The topological polar surface area (TPSA) is 46.9 Å². The molecule has 0 atom stereocenters. The fourth-order valence-electron chi connectivity index (χ4n) is 1.40. The number of thiophene rings is 1. The highest BCUT2D eigenvalue weighted by Gasteiger charge is 2.06. The molecule has 1 N–H and O–H groups in total. The Morgan fingerprint density at radius 2 is 2.41 bits per heavy atom. The molecule has 0 unspecified atom stereocenters. The maximum atomic E-state index is 11.7. The van der Waals surface area contributed by atoms with Gasteiger partial charge in [0.2, 0.25) is 0 Å². The smallest absolute Gasteiger partial charge is 0.261 e. The summed E-state index contributed by atoms with van der Waals surface area (Å²) in [5.41, 5.74) is 0. The predicted molar refractivity (Wildman–Crippen MR) is 71.2 cm³/mol. The van der Waals surface area contributed by atoms with E-state index in [0.717, 1.165) is 21.6 Å². The van der Waals surface area contributed by atoms with Crippen molar-refractivity contribution in [3.8, 4) is 0 Å². The molecular weight excluding hydrogens is 302 g/mol. The summed E-state index contributed by atoms with van der Waals surface area (Å²) in [5, 5.41) is 6.98. The van der Waals surface area contributed by atoms with Crippen molar-refractivity contribution in [2.45, 2.75) is 13.0 Å². The standard InChI is InChI=1S/C11H12BrN3OS/c12-10-4-3-9(17-10)11(16)13-5-1-7-15-8-2-6-14-15/h2-4,6,8H,1,5,7H2,(H,13,16). The van der Waals surface area contributed by atoms with E-state index in [-0.39, 0.29) is 5.91 Å². The number of hydrogen-bond acceptors (Lipinski definition) is 3. The Hall–Kier alpha value is -1.14. The van der Waals surface area contributed by atoms with Crippen LogP contribution in [-0.4, -0.2) is 22.2 Å². The van der Waals surface area contributed by atoms with E-state index in [1.54, 1.807) is 6.20 Å². The van der Waals surface area contributed by atoms with Gasteiger partial charge in [0.05, 0.1) is 8.66 Å². The van der Waals surface area contributed by atoms with Crippen molar-refractivity contribution < 1.29 is 4.79 Å². The molecule has 0 saturated carbocycles. The Balaban J connectivity index is 1.70. The van der Waals surface area contributed by atoms with Crippen LogP contribution >= 0.6 is 27.3 Å². The van der Waals surface area contributed by atoms with E-state index in [2.05, 4.69) is 26.3 Å². The molecule has 2 heterocycles. The third-order valence-corrected chi connectivity index (χ3v) is 3.83. The van der Waals surface area contributed by atoms with E-state index in [4.69, 9.17) is 0 Å². The van der Waals surface area contributed by atoms with Crippen LogP contribution in [0.1, 0.15) is 16.1 Å². The zero-order chi connectivity index (χ0) is 12.1. The Bertz CT molecular complexity index is 481. The molecule has 0 spiro atoms. The molecule has 0 saturated heterocycles. The van der Waals surface area contributed by atoms with Gasteiger partial charge in [-0.1, -0.05) is 0 Å². The first kappa shape index (κ1) is 12.3. The summed E-state index contributed by atoms with van der Waals surface area (Å²) in [6.07, 6.45) is 4.54. The number of halogens is 1. The molecule has 17 heavy (non-hydrogen) atoms. The number of rotatable bonds is 5. The molecule has 0 aliphatic carbocycles. The third kappa shape index (κ3) is 3.67. The highest BCUT2D eigenvalue weighted by molar-refractivity contribution is 9.11. The van der Waals surface area contributed by atoms with E-state index in [1.165, 1.54) is 11.3 Å². The van der Waals surface area contributed by atoms with Crippen LogP contribution in [0.4, 0.5) is 0 Å². The van der Waals surface area contributed by atoms with Crippen LogP contribution < -0.4 is 5.32 Å². The second-order valence-electron chi connectivity index (χ2n) is 3.48. The summed E-state index contributed by atoms with van der Waals surface area (Å²) in [4.78, 5) is 12.4. The quantitative estimate of drug-likeness (QED) is 0.862. The average molecular weight is 314 g/mol. The number of nitrogens with zero attached hydrogens (tertiary/aromatic N) is 2. The van der Waals surface area contributed by atoms with Crippen molar-refractivity contribution in [1.82, 2.24) is 15.1 Å². The summed E-state index contributed by atoms with van der Waals surface area (Å²) in [7, 11) is 0. The van der Waals surface area contributed by atoms with E-state index in [9.17, 15) is 4.79 Å². The highest BCUT2D eigenvalue weighted by atomic mass is 79.9. The first-order chi connectivity index (χ1) is 8.25. The Labute approximate surface area is 112 Å². The molecular formula is C11H12BrN3OS. The van der Waals surface area contributed by atoms with Crippen molar-refractivity contribution in [1.29, 1.82) is 0 Å². The number of aromatic nitrogens is 2. The van der Waals surface area contributed by atoms with Crippen LogP contribution in [0.15, 0.2) is 34.4 Å². The molecule has 0 radical (unpaired) electrons. The zero-order valence-electron chi connectivity index (χ0n) is 9.10. The fraction of sp³-hybridized carbons (Fsp3) is 0.273. The second-order valence-corrected chi connectivity index (χ2v) is 5.95. The molecule has 2 aromatic heterocycles. The van der Waals surface area contributed by atoms with Crippen molar-refractivity contribution in [3.05, 3.63) is 39.3 Å². The molecule has 0 fully saturated rings. The molecule has 1 amide bonds. The van der Waals surface area contributed by atoms with Crippen molar-refractivity contribution in [2.24, 2.45) is 0 Å². The Kier molecular flexibility index (Phi) is 4.33. The molecule has 0 bridgehead atoms. The predicted octanol–water partition coefficient (Wildman–Crippen LogP) is 2.53. The number of hydrogen-bond donors (Lipinski definition) is 1. The molecule has 4 nitrogen and oxygen atoms in total. The minimum Gasteiger partial charge on any atom is -0.351 e. The van der Waals surface area contributed by atoms with Gasteiger partial charge in [0.1, 0.15) is 0 Å². The molecule has 90 valence electrons. The number of carbonyl (C=O) groups is 1. The lowest BCUT2D eigenvalue weighted by Crippen LogP contribution is -2.24. The average Bonchev–Trinajstić information content (AvgIpc) is 2.95. The van der Waals surface area contributed by atoms with Gasteiger partial charge in [-0.25, -0.2) is 0 Å². The van der Waals surface area contributed by atoms with Gasteiger partial charge in [-0.3, -0.25) is 9.48 Å². The van der Waals surface area contributed by atoms with Crippen LogP contribution in [0.3, 0.4) is 0 Å². The SMILES string of the molecule is O=C(NCCCn1cccn1)c1ccc(Br)s1. The van der Waals surface area contributed by atoms with Gasteiger partial charge in [-0.15, -0.1) is 11.3 Å². The lowest BCUT2D eigenvalue weighted by atomic mass is 10.4. The Morgan fingerprint density at radius 1 is 1.53 bits per heavy atom. The van der Waals surface area contributed by atoms with Crippen molar-refractivity contribution in [2.75, 3.05) is 6.54 Å². The molecule has 2 rings (SSSR count). The van der Waals surface area contributed by atoms with E-state index in [1.807, 2.05) is 29.1 Å². The maximum absolute atomic E-state index is 11.7. The van der Waals surface area contributed by atoms with E-state index in [0.29, 0.717) is 6.54 Å². The normalized spacial score (nSPS) is 10.4. The molecule has 2 aromatic rings. The van der Waals surface area contributed by atoms with Crippen LogP contribution in [0.25, 0.3) is 0 Å². The zero-order valence-corrected chi connectivity index (χ0v) is 11.5.